The Morgan fingerprint density at radius 1 is 1.52 bits per heavy atom. The number of nitrogens with two attached hydrogens (primary N) is 1. The van der Waals surface area contributed by atoms with Crippen molar-refractivity contribution >= 4 is 22.9 Å². The first-order valence-corrected chi connectivity index (χ1v) is 7.80. The van der Waals surface area contributed by atoms with Crippen LogP contribution in [-0.4, -0.2) is 65.9 Å². The highest BCUT2D eigenvalue weighted by Crippen LogP contribution is 2.39. The summed E-state index contributed by atoms with van der Waals surface area (Å²) < 4.78 is 12.4. The Hall–Kier alpha value is -2.27. The number of nitrogen functional groups attached to an aromatic ring is 1. The van der Waals surface area contributed by atoms with Crippen molar-refractivity contribution in [1.29, 1.82) is 0 Å². The van der Waals surface area contributed by atoms with Crippen LogP contribution in [0, 0.1) is 0 Å². The predicted octanol–water partition coefficient (Wildman–Crippen LogP) is -0.583. The molecule has 0 unspecified atom stereocenters. The minimum atomic E-state index is -1.67. The summed E-state index contributed by atoms with van der Waals surface area (Å²) in [5.74, 6) is 0.265. The molecule has 0 spiro atoms. The molecule has 1 aliphatic rings. The van der Waals surface area contributed by atoms with Gasteiger partial charge in [0.15, 0.2) is 11.9 Å². The monoisotopic (exact) mass is 351 g/mol. The number of rotatable bonds is 5. The smallest absolute Gasteiger partial charge is 0.222 e. The van der Waals surface area contributed by atoms with E-state index in [-0.39, 0.29) is 5.95 Å². The number of imidazole rings is 1. The molecule has 10 nitrogen and oxygen atoms in total. The van der Waals surface area contributed by atoms with Crippen LogP contribution in [0.25, 0.3) is 16.9 Å². The largest absolute Gasteiger partial charge is 0.492 e. The molecular formula is C15H21N5O5. The molecule has 1 aliphatic heterocycles. The van der Waals surface area contributed by atoms with Crippen LogP contribution in [0.2, 0.25) is 0 Å². The molecular weight excluding hydrogens is 330 g/mol. The molecule has 25 heavy (non-hydrogen) atoms. The summed E-state index contributed by atoms with van der Waals surface area (Å²) in [5.41, 5.74) is 5.11. The van der Waals surface area contributed by atoms with E-state index in [1.54, 1.807) is 0 Å². The molecule has 3 rings (SSSR count). The van der Waals surface area contributed by atoms with Gasteiger partial charge in [-0.15, -0.1) is 0 Å². The fourth-order valence-electron chi connectivity index (χ4n) is 2.93. The van der Waals surface area contributed by atoms with E-state index in [1.165, 1.54) is 17.8 Å². The molecule has 0 aromatic carbocycles. The molecule has 0 amide bonds. The fraction of sp³-hybridized carbons (Fsp3) is 0.533. The zero-order valence-corrected chi connectivity index (χ0v) is 14.0. The van der Waals surface area contributed by atoms with E-state index in [0.717, 1.165) is 0 Å². The average Bonchev–Trinajstić information content (AvgIpc) is 3.06. The number of aromatic nitrogens is 4. The summed E-state index contributed by atoms with van der Waals surface area (Å²) in [4.78, 5) is 12.5. The van der Waals surface area contributed by atoms with Crippen molar-refractivity contribution in [3.63, 3.8) is 0 Å². The lowest BCUT2D eigenvalue weighted by atomic mass is 9.96. The van der Waals surface area contributed by atoms with E-state index in [2.05, 4.69) is 21.5 Å². The van der Waals surface area contributed by atoms with Gasteiger partial charge >= 0.3 is 0 Å². The maximum atomic E-state index is 10.6. The molecule has 5 N–H and O–H groups in total. The predicted molar refractivity (Wildman–Crippen MR) is 88.0 cm³/mol. The van der Waals surface area contributed by atoms with Gasteiger partial charge in [0.2, 0.25) is 5.95 Å². The highest BCUT2D eigenvalue weighted by Gasteiger charge is 2.53. The van der Waals surface area contributed by atoms with Gasteiger partial charge in [-0.2, -0.15) is 4.98 Å². The second kappa shape index (κ2) is 6.23. The maximum Gasteiger partial charge on any atom is 0.222 e. The third-order valence-electron chi connectivity index (χ3n) is 4.21. The van der Waals surface area contributed by atoms with E-state index in [1.807, 2.05) is 6.92 Å². The standard InChI is InChI=1S/C15H21N5O5/c1-4-24-7(2)9-10-12(19-14(16)18-9)20(6-17-10)13-15(3,23)11(22)8(5-21)25-13/h6,8,11,13,21-23H,2,4-5H2,1,3H3,(H2,16,18,19)/t8-,11-,13-,15-/m1/s1. The van der Waals surface area contributed by atoms with Gasteiger partial charge in [0.1, 0.15) is 34.8 Å². The number of ether oxygens (including phenoxy) is 2. The quantitative estimate of drug-likeness (QED) is 0.519. The molecule has 1 fully saturated rings. The zero-order chi connectivity index (χ0) is 18.4. The highest BCUT2D eigenvalue weighted by molar-refractivity contribution is 5.83. The first-order chi connectivity index (χ1) is 11.8. The zero-order valence-electron chi connectivity index (χ0n) is 14.0. The second-order valence-corrected chi connectivity index (χ2v) is 5.99. The normalized spacial score (nSPS) is 29.2. The molecule has 0 bridgehead atoms. The van der Waals surface area contributed by atoms with Crippen LogP contribution in [0.1, 0.15) is 25.8 Å². The van der Waals surface area contributed by atoms with E-state index < -0.39 is 30.6 Å². The Labute approximate surface area is 143 Å². The van der Waals surface area contributed by atoms with Gasteiger partial charge in [0, 0.05) is 0 Å². The number of aliphatic hydroxyl groups is 3. The van der Waals surface area contributed by atoms with E-state index in [0.29, 0.717) is 29.2 Å². The van der Waals surface area contributed by atoms with Crippen LogP contribution in [0.5, 0.6) is 0 Å². The molecule has 136 valence electrons. The van der Waals surface area contributed by atoms with Crippen molar-refractivity contribution in [1.82, 2.24) is 19.5 Å². The summed E-state index contributed by atoms with van der Waals surface area (Å²) in [6.07, 6.45) is -1.84. The Morgan fingerprint density at radius 3 is 2.84 bits per heavy atom. The molecule has 0 radical (unpaired) electrons. The van der Waals surface area contributed by atoms with Crippen LogP contribution in [-0.2, 0) is 9.47 Å². The average molecular weight is 351 g/mol. The van der Waals surface area contributed by atoms with Crippen molar-refractivity contribution in [2.75, 3.05) is 18.9 Å². The van der Waals surface area contributed by atoms with Gasteiger partial charge in [-0.3, -0.25) is 4.57 Å². The SMILES string of the molecule is C=C(OCC)c1nc(N)nc2c1ncn2[C@@H]1O[C@H](CO)[C@@H](O)[C@@]1(C)O. The number of aliphatic hydroxyl groups excluding tert-OH is 2. The first-order valence-electron chi connectivity index (χ1n) is 7.80. The topological polar surface area (TPSA) is 149 Å². The van der Waals surface area contributed by atoms with Crippen molar-refractivity contribution in [3.8, 4) is 0 Å². The maximum absolute atomic E-state index is 10.6. The van der Waals surface area contributed by atoms with Crippen LogP contribution in [0.3, 0.4) is 0 Å². The second-order valence-electron chi connectivity index (χ2n) is 5.99. The van der Waals surface area contributed by atoms with Crippen molar-refractivity contribution in [3.05, 3.63) is 18.6 Å². The van der Waals surface area contributed by atoms with Crippen LogP contribution in [0.15, 0.2) is 12.9 Å². The molecule has 4 atom stereocenters. The van der Waals surface area contributed by atoms with Crippen molar-refractivity contribution in [2.45, 2.75) is 37.9 Å². The molecule has 2 aromatic heterocycles. The number of nitrogens with zero attached hydrogens (tertiary/aromatic N) is 4. The fourth-order valence-corrected chi connectivity index (χ4v) is 2.93. The minimum absolute atomic E-state index is 0.0259. The van der Waals surface area contributed by atoms with Gasteiger partial charge in [0.25, 0.3) is 0 Å². The number of hydrogen-bond donors (Lipinski definition) is 4. The highest BCUT2D eigenvalue weighted by atomic mass is 16.6. The lowest BCUT2D eigenvalue weighted by Crippen LogP contribution is -2.44. The summed E-state index contributed by atoms with van der Waals surface area (Å²) >= 11 is 0. The van der Waals surface area contributed by atoms with Gasteiger partial charge in [-0.05, 0) is 13.8 Å². The van der Waals surface area contributed by atoms with Gasteiger partial charge < -0.3 is 30.5 Å². The summed E-state index contributed by atoms with van der Waals surface area (Å²) in [5, 5.41) is 30.1. The van der Waals surface area contributed by atoms with Gasteiger partial charge in [-0.25, -0.2) is 9.97 Å². The Balaban J connectivity index is 2.11. The lowest BCUT2D eigenvalue weighted by molar-refractivity contribution is -0.0950. The number of anilines is 1. The number of fused-ring (bicyclic) bond motifs is 1. The van der Waals surface area contributed by atoms with Gasteiger partial charge in [-0.1, -0.05) is 6.58 Å². The van der Waals surface area contributed by atoms with Crippen LogP contribution >= 0.6 is 0 Å². The lowest BCUT2D eigenvalue weighted by Gasteiger charge is -2.27. The third-order valence-corrected chi connectivity index (χ3v) is 4.21. The summed E-state index contributed by atoms with van der Waals surface area (Å²) in [7, 11) is 0. The number of hydrogen-bond acceptors (Lipinski definition) is 9. The third kappa shape index (κ3) is 2.72. The molecule has 3 heterocycles. The molecule has 1 saturated heterocycles. The molecule has 0 aliphatic carbocycles. The van der Waals surface area contributed by atoms with Crippen LogP contribution < -0.4 is 5.73 Å². The summed E-state index contributed by atoms with van der Waals surface area (Å²) in [6, 6.07) is 0. The Kier molecular flexibility index (Phi) is 4.37. The van der Waals surface area contributed by atoms with Crippen molar-refractivity contribution in [2.24, 2.45) is 0 Å². The van der Waals surface area contributed by atoms with E-state index in [4.69, 9.17) is 15.2 Å². The molecule has 0 saturated carbocycles. The van der Waals surface area contributed by atoms with E-state index in [9.17, 15) is 15.3 Å². The first kappa shape index (κ1) is 17.5. The molecule has 10 heteroatoms. The Bertz CT molecular complexity index is 805. The van der Waals surface area contributed by atoms with E-state index >= 15 is 0 Å². The Morgan fingerprint density at radius 2 is 2.24 bits per heavy atom. The minimum Gasteiger partial charge on any atom is -0.492 e. The van der Waals surface area contributed by atoms with Gasteiger partial charge in [0.05, 0.1) is 19.5 Å². The molecule has 2 aromatic rings. The summed E-state index contributed by atoms with van der Waals surface area (Å²) in [6.45, 7) is 6.99. The van der Waals surface area contributed by atoms with Crippen molar-refractivity contribution < 1.29 is 24.8 Å². The van der Waals surface area contributed by atoms with Crippen LogP contribution in [0.4, 0.5) is 5.95 Å².